The van der Waals surface area contributed by atoms with Gasteiger partial charge in [0.15, 0.2) is 0 Å². The molecule has 2 unspecified atom stereocenters. The van der Waals surface area contributed by atoms with Gasteiger partial charge in [-0.2, -0.15) is 0 Å². The molecule has 1 N–H and O–H groups in total. The fourth-order valence-corrected chi connectivity index (χ4v) is 4.25. The van der Waals surface area contributed by atoms with Gasteiger partial charge in [-0.25, -0.2) is 0 Å². The van der Waals surface area contributed by atoms with Gasteiger partial charge in [0, 0.05) is 17.4 Å². The van der Waals surface area contributed by atoms with Crippen LogP contribution in [-0.2, 0) is 0 Å². The summed E-state index contributed by atoms with van der Waals surface area (Å²) >= 11 is 3.75. The second-order valence-electron chi connectivity index (χ2n) is 5.79. The van der Waals surface area contributed by atoms with Gasteiger partial charge in [0.05, 0.1) is 6.17 Å². The first-order chi connectivity index (χ1) is 7.83. The highest BCUT2D eigenvalue weighted by atomic mass is 79.9. The molecule has 3 heteroatoms. The Morgan fingerprint density at radius 3 is 2.56 bits per heavy atom. The molecule has 0 aromatic heterocycles. The Balaban J connectivity index is 1.56. The predicted molar refractivity (Wildman–Crippen MR) is 70.8 cm³/mol. The van der Waals surface area contributed by atoms with Crippen molar-refractivity contribution in [1.29, 1.82) is 0 Å². The minimum absolute atomic E-state index is 0.723. The topological polar surface area (TPSA) is 15.3 Å². The zero-order chi connectivity index (χ0) is 11.0. The van der Waals surface area contributed by atoms with Crippen molar-refractivity contribution in [2.45, 2.75) is 62.0 Å². The van der Waals surface area contributed by atoms with E-state index in [1.807, 2.05) is 0 Å². The average molecular weight is 287 g/mol. The number of hydrogen-bond acceptors (Lipinski definition) is 2. The number of nitrogens with one attached hydrogen (secondary N) is 1. The summed E-state index contributed by atoms with van der Waals surface area (Å²) in [6.07, 6.45) is 10.6. The molecule has 3 fully saturated rings. The van der Waals surface area contributed by atoms with E-state index in [0.717, 1.165) is 23.0 Å². The van der Waals surface area contributed by atoms with Crippen molar-refractivity contribution >= 4 is 15.9 Å². The van der Waals surface area contributed by atoms with Crippen LogP contribution >= 0.6 is 15.9 Å². The first-order valence-electron chi connectivity index (χ1n) is 6.97. The average Bonchev–Trinajstić information content (AvgIpc) is 2.73. The number of alkyl halides is 1. The lowest BCUT2D eigenvalue weighted by Crippen LogP contribution is -2.41. The fourth-order valence-electron chi connectivity index (χ4n) is 3.72. The molecule has 1 aliphatic carbocycles. The third kappa shape index (κ3) is 2.32. The van der Waals surface area contributed by atoms with E-state index in [9.17, 15) is 0 Å². The van der Waals surface area contributed by atoms with Gasteiger partial charge in [0.2, 0.25) is 0 Å². The second kappa shape index (κ2) is 4.95. The molecule has 16 heavy (non-hydrogen) atoms. The van der Waals surface area contributed by atoms with E-state index in [0.29, 0.717) is 0 Å². The molecule has 0 aromatic carbocycles. The summed E-state index contributed by atoms with van der Waals surface area (Å²) in [6.45, 7) is 2.66. The Morgan fingerprint density at radius 1 is 1.00 bits per heavy atom. The van der Waals surface area contributed by atoms with Crippen molar-refractivity contribution in [1.82, 2.24) is 10.2 Å². The summed E-state index contributed by atoms with van der Waals surface area (Å²) < 4.78 is 0. The van der Waals surface area contributed by atoms with Crippen LogP contribution in [0.5, 0.6) is 0 Å². The lowest BCUT2D eigenvalue weighted by molar-refractivity contribution is 0.186. The van der Waals surface area contributed by atoms with Crippen molar-refractivity contribution in [3.63, 3.8) is 0 Å². The van der Waals surface area contributed by atoms with Gasteiger partial charge in [-0.15, -0.1) is 0 Å². The van der Waals surface area contributed by atoms with E-state index < -0.39 is 0 Å². The molecule has 92 valence electrons. The molecule has 1 saturated carbocycles. The molecule has 0 radical (unpaired) electrons. The van der Waals surface area contributed by atoms with Gasteiger partial charge in [0.25, 0.3) is 0 Å². The van der Waals surface area contributed by atoms with Crippen LogP contribution in [0.25, 0.3) is 0 Å². The number of hydrogen-bond donors (Lipinski definition) is 1. The normalized spacial score (nSPS) is 45.6. The maximum absolute atomic E-state index is 3.89. The van der Waals surface area contributed by atoms with E-state index in [1.165, 1.54) is 58.0 Å². The van der Waals surface area contributed by atoms with Crippen molar-refractivity contribution in [2.75, 3.05) is 13.1 Å². The van der Waals surface area contributed by atoms with Gasteiger partial charge < -0.3 is 0 Å². The Hall–Kier alpha value is 0.400. The van der Waals surface area contributed by atoms with E-state index >= 15 is 0 Å². The van der Waals surface area contributed by atoms with Crippen LogP contribution in [0.3, 0.4) is 0 Å². The van der Waals surface area contributed by atoms with Crippen LogP contribution in [0, 0.1) is 5.92 Å². The fraction of sp³-hybridized carbons (Fsp3) is 1.00. The molecule has 2 nitrogen and oxygen atoms in total. The van der Waals surface area contributed by atoms with E-state index in [-0.39, 0.29) is 0 Å². The van der Waals surface area contributed by atoms with Crippen LogP contribution in [0.1, 0.15) is 44.9 Å². The Bertz CT molecular complexity index is 224. The second-order valence-corrected chi connectivity index (χ2v) is 7.09. The van der Waals surface area contributed by atoms with Crippen LogP contribution in [0.2, 0.25) is 0 Å². The number of nitrogens with zero attached hydrogens (tertiary/aromatic N) is 1. The zero-order valence-corrected chi connectivity index (χ0v) is 11.6. The third-order valence-electron chi connectivity index (χ3n) is 4.72. The Morgan fingerprint density at radius 2 is 1.81 bits per heavy atom. The first kappa shape index (κ1) is 11.5. The number of halogens is 1. The van der Waals surface area contributed by atoms with Crippen molar-refractivity contribution in [2.24, 2.45) is 5.92 Å². The minimum atomic E-state index is 0.723. The monoisotopic (exact) mass is 286 g/mol. The molecular formula is C13H23BrN2. The SMILES string of the molecule is BrC1CCC(C2CN3CCCCC3N2)CC1. The highest BCUT2D eigenvalue weighted by Gasteiger charge is 2.37. The predicted octanol–water partition coefficient (Wildman–Crippen LogP) is 2.72. The summed E-state index contributed by atoms with van der Waals surface area (Å²) in [5, 5.41) is 3.89. The van der Waals surface area contributed by atoms with Gasteiger partial charge in [0.1, 0.15) is 0 Å². The molecule has 0 amide bonds. The molecule has 2 atom stereocenters. The molecule has 3 aliphatic rings. The van der Waals surface area contributed by atoms with Gasteiger partial charge in [-0.1, -0.05) is 15.9 Å². The molecule has 0 bridgehead atoms. The van der Waals surface area contributed by atoms with Gasteiger partial charge in [-0.05, 0) is 57.4 Å². The quantitative estimate of drug-likeness (QED) is 0.746. The first-order valence-corrected chi connectivity index (χ1v) is 7.88. The largest absolute Gasteiger partial charge is 0.297 e. The van der Waals surface area contributed by atoms with Crippen molar-refractivity contribution in [3.05, 3.63) is 0 Å². The lowest BCUT2D eigenvalue weighted by Gasteiger charge is -2.29. The summed E-state index contributed by atoms with van der Waals surface area (Å²) in [6, 6.07) is 0.795. The van der Waals surface area contributed by atoms with E-state index in [4.69, 9.17) is 0 Å². The zero-order valence-electron chi connectivity index (χ0n) is 10.00. The maximum Gasteiger partial charge on any atom is 0.0600 e. The Labute approximate surface area is 107 Å². The Kier molecular flexibility index (Phi) is 3.55. The maximum atomic E-state index is 3.89. The smallest absolute Gasteiger partial charge is 0.0600 e. The van der Waals surface area contributed by atoms with E-state index in [1.54, 1.807) is 0 Å². The van der Waals surface area contributed by atoms with Crippen LogP contribution < -0.4 is 5.32 Å². The molecular weight excluding hydrogens is 264 g/mol. The third-order valence-corrected chi connectivity index (χ3v) is 5.64. The molecule has 2 heterocycles. The van der Waals surface area contributed by atoms with E-state index in [2.05, 4.69) is 26.1 Å². The standard InChI is InChI=1S/C13H23BrN2/c14-11-6-4-10(5-7-11)12-9-16-8-2-1-3-13(16)15-12/h10-13,15H,1-9H2. The molecule has 3 rings (SSSR count). The molecule has 2 aliphatic heterocycles. The summed E-state index contributed by atoms with van der Waals surface area (Å²) in [4.78, 5) is 3.49. The number of fused-ring (bicyclic) bond motifs is 1. The molecule has 0 aromatic rings. The van der Waals surface area contributed by atoms with Gasteiger partial charge >= 0.3 is 0 Å². The summed E-state index contributed by atoms with van der Waals surface area (Å²) in [5.41, 5.74) is 0. The van der Waals surface area contributed by atoms with Gasteiger partial charge in [-0.3, -0.25) is 10.2 Å². The summed E-state index contributed by atoms with van der Waals surface area (Å²) in [5.74, 6) is 0.944. The van der Waals surface area contributed by atoms with Crippen LogP contribution in [-0.4, -0.2) is 35.0 Å². The number of rotatable bonds is 1. The number of piperidine rings is 1. The highest BCUT2D eigenvalue weighted by molar-refractivity contribution is 9.09. The highest BCUT2D eigenvalue weighted by Crippen LogP contribution is 2.34. The minimum Gasteiger partial charge on any atom is -0.297 e. The summed E-state index contributed by atoms with van der Waals surface area (Å²) in [7, 11) is 0. The molecule has 0 spiro atoms. The van der Waals surface area contributed by atoms with Crippen LogP contribution in [0.15, 0.2) is 0 Å². The van der Waals surface area contributed by atoms with Crippen molar-refractivity contribution in [3.8, 4) is 0 Å². The van der Waals surface area contributed by atoms with Crippen molar-refractivity contribution < 1.29 is 0 Å². The molecule has 2 saturated heterocycles. The van der Waals surface area contributed by atoms with Crippen LogP contribution in [0.4, 0.5) is 0 Å². The lowest BCUT2D eigenvalue weighted by atomic mass is 9.84.